The first-order valence-electron chi connectivity index (χ1n) is 5.24. The van der Waals surface area contributed by atoms with Crippen molar-refractivity contribution in [1.29, 1.82) is 0 Å². The first-order valence-corrected chi connectivity index (χ1v) is 5.24. The molecule has 14 heteroatoms. The summed E-state index contributed by atoms with van der Waals surface area (Å²) in [4.78, 5) is 49.1. The van der Waals surface area contributed by atoms with Crippen LogP contribution in [0, 0.1) is 0 Å². The molecule has 130 valence electrons. The molecule has 0 fully saturated rings. The molecule has 2 N–H and O–H groups in total. The van der Waals surface area contributed by atoms with E-state index >= 15 is 0 Å². The van der Waals surface area contributed by atoms with Gasteiger partial charge in [-0.05, 0) is 0 Å². The average molecular weight is 401 g/mol. The van der Waals surface area contributed by atoms with Gasteiger partial charge in [0.2, 0.25) is 0 Å². The molecule has 4 radical (unpaired) electrons. The van der Waals surface area contributed by atoms with Crippen LogP contribution < -0.4 is 25.5 Å². The van der Waals surface area contributed by atoms with Crippen LogP contribution in [-0.2, 0) is 24.0 Å². The standard InChI is InChI=1S/C6H8O7.C4H6O5.2Ca/c7-3(8)1-6(13,5(11)12)2-4(9)10;5-2(4(8)9)1-3(6)7;;/h13H,1-2H2,(H,7,8)(H,9,10)(H,11,12);2,5H,1H2,(H,6,7)(H,8,9);;/p-5. The maximum atomic E-state index is 10.1. The molecule has 0 aromatic heterocycles. The van der Waals surface area contributed by atoms with Crippen LogP contribution in [0.4, 0.5) is 0 Å². The molecule has 1 atom stereocenters. The van der Waals surface area contributed by atoms with Crippen LogP contribution in [0.3, 0.4) is 0 Å². The molecular formula is C10H9Ca2O12-5. The SMILES string of the molecule is O=C([O-])CC(O)(CC(=O)[O-])C(=O)[O-].O=C([O-])CC(O)C(=O)[O-].[Ca].[Ca]. The van der Waals surface area contributed by atoms with Gasteiger partial charge in [0, 0.05) is 113 Å². The van der Waals surface area contributed by atoms with Crippen molar-refractivity contribution in [3.8, 4) is 0 Å². The predicted octanol–water partition coefficient (Wildman–Crippen LogP) is -9.78. The Morgan fingerprint density at radius 2 is 1.12 bits per heavy atom. The monoisotopic (exact) mass is 401 g/mol. The smallest absolute Gasteiger partial charge is 0.114 e. The van der Waals surface area contributed by atoms with E-state index < -0.39 is 60.8 Å². The first kappa shape index (κ1) is 31.5. The zero-order valence-corrected chi connectivity index (χ0v) is 16.5. The van der Waals surface area contributed by atoms with Crippen LogP contribution in [0.5, 0.6) is 0 Å². The fourth-order valence-corrected chi connectivity index (χ4v) is 0.926. The summed E-state index contributed by atoms with van der Waals surface area (Å²) in [6, 6.07) is 0. The van der Waals surface area contributed by atoms with Crippen molar-refractivity contribution in [3.63, 3.8) is 0 Å². The molecule has 0 bridgehead atoms. The van der Waals surface area contributed by atoms with Gasteiger partial charge in [-0.25, -0.2) is 0 Å². The Balaban J connectivity index is -0.000000162. The minimum atomic E-state index is -2.97. The predicted molar refractivity (Wildman–Crippen MR) is 61.4 cm³/mol. The third-order valence-electron chi connectivity index (χ3n) is 1.89. The summed E-state index contributed by atoms with van der Waals surface area (Å²) in [5, 5.41) is 66.3. The van der Waals surface area contributed by atoms with E-state index in [2.05, 4.69) is 0 Å². The van der Waals surface area contributed by atoms with E-state index in [-0.39, 0.29) is 75.5 Å². The Bertz CT molecular complexity index is 447. The Morgan fingerprint density at radius 3 is 1.25 bits per heavy atom. The van der Waals surface area contributed by atoms with Gasteiger partial charge < -0.3 is 59.7 Å². The fraction of sp³-hybridized carbons (Fsp3) is 0.500. The van der Waals surface area contributed by atoms with Crippen molar-refractivity contribution < 1.29 is 59.7 Å². The second-order valence-electron chi connectivity index (χ2n) is 3.83. The Morgan fingerprint density at radius 1 is 0.792 bits per heavy atom. The number of carbonyl (C=O) groups excluding carboxylic acids is 5. The molecule has 0 spiro atoms. The van der Waals surface area contributed by atoms with Gasteiger partial charge in [0.15, 0.2) is 0 Å². The maximum absolute atomic E-state index is 10.1. The van der Waals surface area contributed by atoms with Crippen LogP contribution in [0.15, 0.2) is 0 Å². The molecule has 0 rings (SSSR count). The van der Waals surface area contributed by atoms with E-state index in [1.807, 2.05) is 0 Å². The quantitative estimate of drug-likeness (QED) is 0.360. The molecule has 0 saturated heterocycles. The number of hydrogen-bond donors (Lipinski definition) is 2. The van der Waals surface area contributed by atoms with E-state index in [4.69, 9.17) is 10.2 Å². The van der Waals surface area contributed by atoms with Crippen LogP contribution in [0.1, 0.15) is 19.3 Å². The molecule has 1 unspecified atom stereocenters. The summed E-state index contributed by atoms with van der Waals surface area (Å²) in [5.74, 6) is -9.41. The van der Waals surface area contributed by atoms with Gasteiger partial charge in [0.25, 0.3) is 0 Å². The van der Waals surface area contributed by atoms with E-state index in [1.54, 1.807) is 0 Å². The summed E-state index contributed by atoms with van der Waals surface area (Å²) in [6.07, 6.45) is -5.61. The molecule has 0 aliphatic carbocycles. The number of hydrogen-bond acceptors (Lipinski definition) is 12. The maximum Gasteiger partial charge on any atom is 0.114 e. The van der Waals surface area contributed by atoms with Crippen LogP contribution in [-0.4, -0.2) is 127 Å². The van der Waals surface area contributed by atoms with Gasteiger partial charge in [-0.3, -0.25) is 0 Å². The molecular weight excluding hydrogens is 392 g/mol. The fourth-order valence-electron chi connectivity index (χ4n) is 0.926. The Labute approximate surface area is 194 Å². The van der Waals surface area contributed by atoms with Crippen molar-refractivity contribution in [3.05, 3.63) is 0 Å². The number of aliphatic hydroxyl groups is 2. The molecule has 0 aromatic carbocycles. The minimum absolute atomic E-state index is 0. The third-order valence-corrected chi connectivity index (χ3v) is 1.89. The zero-order valence-electron chi connectivity index (χ0n) is 12.1. The zero-order chi connectivity index (χ0) is 18.1. The van der Waals surface area contributed by atoms with E-state index in [1.165, 1.54) is 0 Å². The van der Waals surface area contributed by atoms with Crippen molar-refractivity contribution in [1.82, 2.24) is 0 Å². The van der Waals surface area contributed by atoms with Crippen molar-refractivity contribution >= 4 is 105 Å². The number of carboxylic acid groups (broad SMARTS) is 5. The van der Waals surface area contributed by atoms with Gasteiger partial charge in [-0.15, -0.1) is 0 Å². The first-order chi connectivity index (χ1) is 9.81. The number of carboxylic acids is 5. The van der Waals surface area contributed by atoms with E-state index in [9.17, 15) is 49.5 Å². The van der Waals surface area contributed by atoms with Gasteiger partial charge in [-0.2, -0.15) is 0 Å². The Kier molecular flexibility index (Phi) is 19.8. The van der Waals surface area contributed by atoms with Gasteiger partial charge in [0.05, 0.1) is 18.0 Å². The third kappa shape index (κ3) is 16.6. The van der Waals surface area contributed by atoms with Crippen molar-refractivity contribution in [2.75, 3.05) is 0 Å². The number of carbonyl (C=O) groups is 5. The van der Waals surface area contributed by atoms with Crippen LogP contribution in [0.25, 0.3) is 0 Å². The normalized spacial score (nSPS) is 10.6. The summed E-state index contributed by atoms with van der Waals surface area (Å²) >= 11 is 0. The van der Waals surface area contributed by atoms with Crippen molar-refractivity contribution in [2.24, 2.45) is 0 Å². The molecule has 0 amide bonds. The van der Waals surface area contributed by atoms with Gasteiger partial charge >= 0.3 is 0 Å². The van der Waals surface area contributed by atoms with E-state index in [0.29, 0.717) is 0 Å². The number of aliphatic hydroxyl groups excluding tert-OH is 1. The topological polar surface area (TPSA) is 241 Å². The minimum Gasteiger partial charge on any atom is -0.550 e. The summed E-state index contributed by atoms with van der Waals surface area (Å²) in [7, 11) is 0. The summed E-state index contributed by atoms with van der Waals surface area (Å²) < 4.78 is 0. The molecule has 24 heavy (non-hydrogen) atoms. The largest absolute Gasteiger partial charge is 0.550 e. The number of rotatable bonds is 8. The molecule has 0 saturated carbocycles. The molecule has 0 aromatic rings. The molecule has 0 heterocycles. The van der Waals surface area contributed by atoms with Crippen LogP contribution >= 0.6 is 0 Å². The molecule has 12 nitrogen and oxygen atoms in total. The van der Waals surface area contributed by atoms with Gasteiger partial charge in [-0.1, -0.05) is 0 Å². The second-order valence-corrected chi connectivity index (χ2v) is 3.83. The van der Waals surface area contributed by atoms with Crippen molar-refractivity contribution in [2.45, 2.75) is 31.0 Å². The average Bonchev–Trinajstić information content (AvgIpc) is 2.25. The summed E-state index contributed by atoms with van der Waals surface area (Å²) in [5.41, 5.74) is -2.97. The Hall–Kier alpha value is -0.211. The molecule has 0 aliphatic rings. The summed E-state index contributed by atoms with van der Waals surface area (Å²) in [6.45, 7) is 0. The molecule has 0 aliphatic heterocycles. The van der Waals surface area contributed by atoms with Crippen LogP contribution in [0.2, 0.25) is 0 Å². The van der Waals surface area contributed by atoms with Gasteiger partial charge in [0.1, 0.15) is 5.60 Å². The van der Waals surface area contributed by atoms with E-state index in [0.717, 1.165) is 0 Å². The number of aliphatic carboxylic acids is 5. The second kappa shape index (κ2) is 15.1.